The lowest BCUT2D eigenvalue weighted by molar-refractivity contribution is -0.143. The van der Waals surface area contributed by atoms with E-state index in [1.165, 1.54) is 11.6 Å². The molecule has 0 aliphatic heterocycles. The van der Waals surface area contributed by atoms with Crippen molar-refractivity contribution >= 4 is 11.8 Å². The number of hydrogen-bond acceptors (Lipinski definition) is 5. The fourth-order valence-electron chi connectivity index (χ4n) is 5.04. The summed E-state index contributed by atoms with van der Waals surface area (Å²) in [5.41, 5.74) is 4.01. The number of rotatable bonds is 11. The van der Waals surface area contributed by atoms with Gasteiger partial charge in [0.25, 0.3) is 0 Å². The Morgan fingerprint density at radius 1 is 1.08 bits per heavy atom. The van der Waals surface area contributed by atoms with Gasteiger partial charge in [-0.1, -0.05) is 37.3 Å². The van der Waals surface area contributed by atoms with Gasteiger partial charge in [-0.3, -0.25) is 4.79 Å². The molecule has 4 rings (SSSR count). The number of aromatic nitrogens is 1. The highest BCUT2D eigenvalue weighted by atomic mass is 19.4. The van der Waals surface area contributed by atoms with Crippen molar-refractivity contribution in [2.75, 3.05) is 31.7 Å². The predicted molar refractivity (Wildman–Crippen MR) is 146 cm³/mol. The Morgan fingerprint density at radius 3 is 2.54 bits per heavy atom. The lowest BCUT2D eigenvalue weighted by Gasteiger charge is -2.23. The van der Waals surface area contributed by atoms with Crippen LogP contribution in [0.3, 0.4) is 0 Å². The maximum absolute atomic E-state index is 13.8. The van der Waals surface area contributed by atoms with Crippen LogP contribution in [0.15, 0.2) is 54.6 Å². The average Bonchev–Trinajstić information content (AvgIpc) is 3.32. The molecule has 2 aromatic carbocycles. The molecule has 3 aromatic rings. The molecule has 0 bridgehead atoms. The van der Waals surface area contributed by atoms with Crippen LogP contribution in [0.1, 0.15) is 61.3 Å². The van der Waals surface area contributed by atoms with Gasteiger partial charge < -0.3 is 14.4 Å². The lowest BCUT2D eigenvalue weighted by Crippen LogP contribution is -2.25. The molecule has 0 spiro atoms. The SMILES string of the molecule is CCOC(=O)C[C@@H]1CCc2cc(OCCCN(C)c3nc(-c4ccc(CC)cc4)ccc3C(F)(F)F)ccc21. The van der Waals surface area contributed by atoms with E-state index in [2.05, 4.69) is 11.9 Å². The molecule has 0 saturated heterocycles. The second-order valence-corrected chi connectivity index (χ2v) is 9.84. The number of halogens is 3. The first-order valence-corrected chi connectivity index (χ1v) is 13.5. The van der Waals surface area contributed by atoms with E-state index in [-0.39, 0.29) is 17.7 Å². The molecule has 1 aliphatic rings. The number of alkyl halides is 3. The average molecular weight is 541 g/mol. The topological polar surface area (TPSA) is 51.7 Å². The summed E-state index contributed by atoms with van der Waals surface area (Å²) in [7, 11) is 1.63. The zero-order valence-corrected chi connectivity index (χ0v) is 22.7. The molecule has 1 aliphatic carbocycles. The third kappa shape index (κ3) is 7.11. The van der Waals surface area contributed by atoms with Crippen molar-refractivity contribution in [2.45, 2.75) is 58.0 Å². The minimum Gasteiger partial charge on any atom is -0.494 e. The van der Waals surface area contributed by atoms with E-state index in [9.17, 15) is 18.0 Å². The van der Waals surface area contributed by atoms with Gasteiger partial charge in [-0.05, 0) is 79.5 Å². The second-order valence-electron chi connectivity index (χ2n) is 9.84. The van der Waals surface area contributed by atoms with Crippen molar-refractivity contribution in [1.29, 1.82) is 0 Å². The first kappa shape index (κ1) is 28.5. The van der Waals surface area contributed by atoms with Gasteiger partial charge in [-0.25, -0.2) is 4.98 Å². The zero-order chi connectivity index (χ0) is 28.0. The highest BCUT2D eigenvalue weighted by molar-refractivity contribution is 5.71. The van der Waals surface area contributed by atoms with Crippen LogP contribution in [0, 0.1) is 0 Å². The number of carbonyl (C=O) groups excluding carboxylic acids is 1. The third-order valence-corrected chi connectivity index (χ3v) is 7.14. The normalized spacial score (nSPS) is 14.7. The van der Waals surface area contributed by atoms with E-state index in [0.717, 1.165) is 47.8 Å². The van der Waals surface area contributed by atoms with Gasteiger partial charge in [-0.2, -0.15) is 13.2 Å². The minimum atomic E-state index is -4.51. The Hall–Kier alpha value is -3.55. The van der Waals surface area contributed by atoms with Crippen molar-refractivity contribution in [3.05, 3.63) is 76.9 Å². The van der Waals surface area contributed by atoms with Crippen LogP contribution >= 0.6 is 0 Å². The van der Waals surface area contributed by atoms with E-state index in [0.29, 0.717) is 38.3 Å². The second kappa shape index (κ2) is 12.5. The number of esters is 1. The van der Waals surface area contributed by atoms with Crippen LogP contribution in [-0.2, 0) is 28.5 Å². The first-order valence-electron chi connectivity index (χ1n) is 13.5. The summed E-state index contributed by atoms with van der Waals surface area (Å²) in [6, 6.07) is 16.1. The number of benzene rings is 2. The fraction of sp³-hybridized carbons (Fsp3) is 0.419. The first-order chi connectivity index (χ1) is 18.7. The van der Waals surface area contributed by atoms with Gasteiger partial charge in [-0.15, -0.1) is 0 Å². The van der Waals surface area contributed by atoms with Crippen LogP contribution in [0.4, 0.5) is 19.0 Å². The Kier molecular flexibility index (Phi) is 9.15. The van der Waals surface area contributed by atoms with Gasteiger partial charge >= 0.3 is 12.1 Å². The molecule has 1 heterocycles. The number of hydrogen-bond donors (Lipinski definition) is 0. The molecule has 208 valence electrons. The van der Waals surface area contributed by atoms with Gasteiger partial charge in [0.1, 0.15) is 11.6 Å². The van der Waals surface area contributed by atoms with E-state index in [4.69, 9.17) is 9.47 Å². The summed E-state index contributed by atoms with van der Waals surface area (Å²) >= 11 is 0. The predicted octanol–water partition coefficient (Wildman–Crippen LogP) is 7.22. The minimum absolute atomic E-state index is 0.0928. The van der Waals surface area contributed by atoms with Crippen LogP contribution in [-0.4, -0.2) is 37.8 Å². The highest BCUT2D eigenvalue weighted by Crippen LogP contribution is 2.38. The standard InChI is InChI=1S/C31H35F3N2O3/c1-4-21-7-9-22(10-8-21)28-16-15-27(31(32,33)34)30(35-28)36(3)17-6-18-39-25-13-14-26-23(19-25)11-12-24(26)20-29(37)38-5-2/h7-10,13-16,19,24H,4-6,11-12,17-18,20H2,1-3H3/t24-/m0/s1. The molecule has 0 amide bonds. The van der Waals surface area contributed by atoms with Crippen LogP contribution < -0.4 is 9.64 Å². The van der Waals surface area contributed by atoms with Crippen molar-refractivity contribution < 1.29 is 27.4 Å². The summed E-state index contributed by atoms with van der Waals surface area (Å²) < 4.78 is 52.3. The Bertz CT molecular complexity index is 1280. The molecule has 1 aromatic heterocycles. The van der Waals surface area contributed by atoms with E-state index >= 15 is 0 Å². The van der Waals surface area contributed by atoms with Crippen molar-refractivity contribution in [1.82, 2.24) is 4.98 Å². The molecular weight excluding hydrogens is 505 g/mol. The van der Waals surface area contributed by atoms with Crippen LogP contribution in [0.5, 0.6) is 5.75 Å². The Labute approximate surface area is 228 Å². The molecular formula is C31H35F3N2O3. The van der Waals surface area contributed by atoms with Crippen LogP contribution in [0.2, 0.25) is 0 Å². The quantitative estimate of drug-likeness (QED) is 0.190. The maximum atomic E-state index is 13.8. The van der Waals surface area contributed by atoms with Gasteiger partial charge in [0.2, 0.25) is 0 Å². The number of pyridine rings is 1. The molecule has 0 unspecified atom stereocenters. The van der Waals surface area contributed by atoms with Gasteiger partial charge in [0, 0.05) is 19.2 Å². The number of carbonyl (C=O) groups is 1. The van der Waals surface area contributed by atoms with E-state index < -0.39 is 11.7 Å². The zero-order valence-electron chi connectivity index (χ0n) is 22.7. The molecule has 0 fully saturated rings. The summed E-state index contributed by atoms with van der Waals surface area (Å²) in [6.07, 6.45) is -0.937. The number of ether oxygens (including phenoxy) is 2. The van der Waals surface area contributed by atoms with E-state index in [1.807, 2.05) is 42.5 Å². The van der Waals surface area contributed by atoms with Crippen LogP contribution in [0.25, 0.3) is 11.3 Å². The monoisotopic (exact) mass is 540 g/mol. The van der Waals surface area contributed by atoms with Crippen molar-refractivity contribution in [3.8, 4) is 17.0 Å². The number of fused-ring (bicyclic) bond motifs is 1. The lowest BCUT2D eigenvalue weighted by atomic mass is 9.98. The number of nitrogens with zero attached hydrogens (tertiary/aromatic N) is 2. The molecule has 0 N–H and O–H groups in total. The highest BCUT2D eigenvalue weighted by Gasteiger charge is 2.35. The number of aryl methyl sites for hydroxylation is 2. The molecule has 8 heteroatoms. The summed E-state index contributed by atoms with van der Waals surface area (Å²) in [4.78, 5) is 17.8. The Morgan fingerprint density at radius 2 is 1.85 bits per heavy atom. The summed E-state index contributed by atoms with van der Waals surface area (Å²) in [5.74, 6) is 0.616. The molecule has 39 heavy (non-hydrogen) atoms. The molecule has 0 saturated carbocycles. The van der Waals surface area contributed by atoms with Gasteiger partial charge in [0.15, 0.2) is 0 Å². The van der Waals surface area contributed by atoms with Gasteiger partial charge in [0.05, 0.1) is 30.9 Å². The largest absolute Gasteiger partial charge is 0.494 e. The van der Waals surface area contributed by atoms with E-state index in [1.54, 1.807) is 18.9 Å². The molecule has 1 atom stereocenters. The summed E-state index contributed by atoms with van der Waals surface area (Å²) in [5, 5.41) is 0. The third-order valence-electron chi connectivity index (χ3n) is 7.14. The number of anilines is 1. The molecule has 5 nitrogen and oxygen atoms in total. The Balaban J connectivity index is 1.37. The summed E-state index contributed by atoms with van der Waals surface area (Å²) in [6.45, 7) is 4.94. The molecule has 0 radical (unpaired) electrons. The van der Waals surface area contributed by atoms with Crippen molar-refractivity contribution in [2.24, 2.45) is 0 Å². The van der Waals surface area contributed by atoms with Crippen molar-refractivity contribution in [3.63, 3.8) is 0 Å². The smallest absolute Gasteiger partial charge is 0.419 e. The maximum Gasteiger partial charge on any atom is 0.419 e. The fourth-order valence-corrected chi connectivity index (χ4v) is 5.04.